The van der Waals surface area contributed by atoms with Crippen LogP contribution < -0.4 is 5.32 Å². The highest BCUT2D eigenvalue weighted by molar-refractivity contribution is 7.11. The Labute approximate surface area is 94.9 Å². The highest BCUT2D eigenvalue weighted by atomic mass is 32.1. The van der Waals surface area contributed by atoms with Gasteiger partial charge in [-0.1, -0.05) is 13.8 Å². The fraction of sp³-hybridized carbons (Fsp3) is 0.636. The van der Waals surface area contributed by atoms with Crippen molar-refractivity contribution in [3.05, 3.63) is 15.6 Å². The van der Waals surface area contributed by atoms with Crippen molar-refractivity contribution in [1.29, 1.82) is 0 Å². The molecule has 1 amide bonds. The predicted molar refractivity (Wildman–Crippen MR) is 62.9 cm³/mol. The summed E-state index contributed by atoms with van der Waals surface area (Å²) in [5, 5.41) is 3.87. The smallest absolute Gasteiger partial charge is 0.220 e. The molecular weight excluding hydrogens is 208 g/mol. The van der Waals surface area contributed by atoms with Crippen LogP contribution in [0.5, 0.6) is 0 Å². The van der Waals surface area contributed by atoms with Gasteiger partial charge < -0.3 is 5.32 Å². The van der Waals surface area contributed by atoms with Gasteiger partial charge in [-0.2, -0.15) is 0 Å². The molecule has 15 heavy (non-hydrogen) atoms. The van der Waals surface area contributed by atoms with E-state index in [1.807, 2.05) is 27.7 Å². The Balaban J connectivity index is 2.40. The van der Waals surface area contributed by atoms with E-state index >= 15 is 0 Å². The van der Waals surface area contributed by atoms with Crippen LogP contribution in [0, 0.1) is 19.8 Å². The standard InChI is InChI=1S/C11H18N2OS/c1-7(2)5-10(14)12-6-11-13-8(3)9(4)15-11/h7H,5-6H2,1-4H3,(H,12,14). The first kappa shape index (κ1) is 12.2. The summed E-state index contributed by atoms with van der Waals surface area (Å²) in [6.45, 7) is 8.68. The monoisotopic (exact) mass is 226 g/mol. The largest absolute Gasteiger partial charge is 0.350 e. The molecule has 4 heteroatoms. The molecule has 0 aliphatic rings. The van der Waals surface area contributed by atoms with E-state index < -0.39 is 0 Å². The van der Waals surface area contributed by atoms with Crippen LogP contribution in [0.15, 0.2) is 0 Å². The van der Waals surface area contributed by atoms with E-state index in [0.717, 1.165) is 10.7 Å². The molecule has 0 radical (unpaired) electrons. The first-order valence-electron chi connectivity index (χ1n) is 5.18. The Morgan fingerprint density at radius 1 is 1.47 bits per heavy atom. The van der Waals surface area contributed by atoms with E-state index in [1.54, 1.807) is 11.3 Å². The van der Waals surface area contributed by atoms with Gasteiger partial charge in [0.1, 0.15) is 5.01 Å². The van der Waals surface area contributed by atoms with Gasteiger partial charge in [-0.25, -0.2) is 4.98 Å². The lowest BCUT2D eigenvalue weighted by Gasteiger charge is -2.04. The van der Waals surface area contributed by atoms with Gasteiger partial charge in [0, 0.05) is 11.3 Å². The molecule has 0 saturated heterocycles. The summed E-state index contributed by atoms with van der Waals surface area (Å²) >= 11 is 1.65. The van der Waals surface area contributed by atoms with Crippen LogP contribution in [-0.4, -0.2) is 10.9 Å². The highest BCUT2D eigenvalue weighted by Crippen LogP contribution is 2.15. The van der Waals surface area contributed by atoms with Crippen LogP contribution in [0.2, 0.25) is 0 Å². The van der Waals surface area contributed by atoms with Crippen molar-refractivity contribution in [2.45, 2.75) is 40.7 Å². The molecule has 1 heterocycles. The number of carbonyl (C=O) groups is 1. The van der Waals surface area contributed by atoms with Crippen LogP contribution in [-0.2, 0) is 11.3 Å². The van der Waals surface area contributed by atoms with Gasteiger partial charge in [0.15, 0.2) is 0 Å². The number of aryl methyl sites for hydroxylation is 2. The maximum absolute atomic E-state index is 11.4. The minimum Gasteiger partial charge on any atom is -0.350 e. The summed E-state index contributed by atoms with van der Waals surface area (Å²) in [7, 11) is 0. The summed E-state index contributed by atoms with van der Waals surface area (Å²) in [5.74, 6) is 0.514. The average Bonchev–Trinajstić information content (AvgIpc) is 2.42. The summed E-state index contributed by atoms with van der Waals surface area (Å²) in [6, 6.07) is 0. The third-order valence-corrected chi connectivity index (χ3v) is 3.18. The van der Waals surface area contributed by atoms with Gasteiger partial charge in [0.05, 0.1) is 12.2 Å². The molecule has 3 nitrogen and oxygen atoms in total. The van der Waals surface area contributed by atoms with Crippen LogP contribution in [0.3, 0.4) is 0 Å². The lowest BCUT2D eigenvalue weighted by Crippen LogP contribution is -2.23. The Morgan fingerprint density at radius 2 is 2.13 bits per heavy atom. The summed E-state index contributed by atoms with van der Waals surface area (Å²) < 4.78 is 0. The number of thiazole rings is 1. The SMILES string of the molecule is Cc1nc(CNC(=O)CC(C)C)sc1C. The fourth-order valence-corrected chi connectivity index (χ4v) is 2.11. The molecule has 1 aromatic heterocycles. The minimum atomic E-state index is 0.107. The Bertz CT molecular complexity index is 325. The van der Waals surface area contributed by atoms with Crippen molar-refractivity contribution in [3.63, 3.8) is 0 Å². The van der Waals surface area contributed by atoms with Crippen LogP contribution >= 0.6 is 11.3 Å². The van der Waals surface area contributed by atoms with Gasteiger partial charge in [-0.3, -0.25) is 4.79 Å². The lowest BCUT2D eigenvalue weighted by atomic mass is 10.1. The number of amides is 1. The van der Waals surface area contributed by atoms with Gasteiger partial charge in [-0.15, -0.1) is 11.3 Å². The molecular formula is C11H18N2OS. The molecule has 0 unspecified atom stereocenters. The highest BCUT2D eigenvalue weighted by Gasteiger charge is 2.07. The van der Waals surface area contributed by atoms with Crippen molar-refractivity contribution in [2.24, 2.45) is 5.92 Å². The molecule has 0 aliphatic carbocycles. The van der Waals surface area contributed by atoms with E-state index in [0.29, 0.717) is 18.9 Å². The number of hydrogen-bond acceptors (Lipinski definition) is 3. The van der Waals surface area contributed by atoms with Crippen LogP contribution in [0.4, 0.5) is 0 Å². The van der Waals surface area contributed by atoms with E-state index in [2.05, 4.69) is 10.3 Å². The average molecular weight is 226 g/mol. The minimum absolute atomic E-state index is 0.107. The van der Waals surface area contributed by atoms with Gasteiger partial charge >= 0.3 is 0 Å². The summed E-state index contributed by atoms with van der Waals surface area (Å²) in [4.78, 5) is 17.0. The molecule has 1 N–H and O–H groups in total. The van der Waals surface area contributed by atoms with Crippen LogP contribution in [0.1, 0.15) is 35.8 Å². The molecule has 0 fully saturated rings. The molecule has 0 atom stereocenters. The fourth-order valence-electron chi connectivity index (χ4n) is 1.23. The van der Waals surface area contributed by atoms with E-state index in [9.17, 15) is 4.79 Å². The molecule has 1 aromatic rings. The van der Waals surface area contributed by atoms with Crippen molar-refractivity contribution < 1.29 is 4.79 Å². The zero-order valence-electron chi connectivity index (χ0n) is 9.76. The zero-order chi connectivity index (χ0) is 11.4. The Kier molecular flexibility index (Phi) is 4.27. The van der Waals surface area contributed by atoms with Gasteiger partial charge in [0.2, 0.25) is 5.91 Å². The molecule has 0 aromatic carbocycles. The molecule has 0 aliphatic heterocycles. The quantitative estimate of drug-likeness (QED) is 0.856. The molecule has 84 valence electrons. The number of rotatable bonds is 4. The molecule has 0 saturated carbocycles. The molecule has 0 bridgehead atoms. The van der Waals surface area contributed by atoms with Crippen molar-refractivity contribution in [1.82, 2.24) is 10.3 Å². The number of nitrogens with zero attached hydrogens (tertiary/aromatic N) is 1. The first-order valence-corrected chi connectivity index (χ1v) is 6.00. The number of aromatic nitrogens is 1. The Hall–Kier alpha value is -0.900. The second kappa shape index (κ2) is 5.26. The summed E-state index contributed by atoms with van der Waals surface area (Å²) in [6.07, 6.45) is 0.587. The molecule has 0 spiro atoms. The lowest BCUT2D eigenvalue weighted by molar-refractivity contribution is -0.121. The van der Waals surface area contributed by atoms with Crippen molar-refractivity contribution in [2.75, 3.05) is 0 Å². The van der Waals surface area contributed by atoms with Crippen molar-refractivity contribution >= 4 is 17.2 Å². The van der Waals surface area contributed by atoms with E-state index in [-0.39, 0.29) is 5.91 Å². The maximum atomic E-state index is 11.4. The first-order chi connectivity index (χ1) is 6.99. The molecule has 1 rings (SSSR count). The van der Waals surface area contributed by atoms with E-state index in [1.165, 1.54) is 4.88 Å². The predicted octanol–water partition coefficient (Wildman–Crippen LogP) is 2.42. The van der Waals surface area contributed by atoms with Crippen LogP contribution in [0.25, 0.3) is 0 Å². The normalized spacial score (nSPS) is 10.7. The second-order valence-electron chi connectivity index (χ2n) is 4.12. The van der Waals surface area contributed by atoms with E-state index in [4.69, 9.17) is 0 Å². The zero-order valence-corrected chi connectivity index (χ0v) is 10.6. The summed E-state index contributed by atoms with van der Waals surface area (Å²) in [5.41, 5.74) is 1.06. The third-order valence-electron chi connectivity index (χ3n) is 2.10. The number of nitrogens with one attached hydrogen (secondary N) is 1. The van der Waals surface area contributed by atoms with Gasteiger partial charge in [-0.05, 0) is 19.8 Å². The number of carbonyl (C=O) groups excluding carboxylic acids is 1. The second-order valence-corrected chi connectivity index (χ2v) is 5.41. The Morgan fingerprint density at radius 3 is 2.60 bits per heavy atom. The topological polar surface area (TPSA) is 42.0 Å². The third kappa shape index (κ3) is 4.00. The maximum Gasteiger partial charge on any atom is 0.220 e. The van der Waals surface area contributed by atoms with Gasteiger partial charge in [0.25, 0.3) is 0 Å². The van der Waals surface area contributed by atoms with Crippen molar-refractivity contribution in [3.8, 4) is 0 Å². The number of hydrogen-bond donors (Lipinski definition) is 1.